The maximum Gasteiger partial charge on any atom is 0.255 e. The molecule has 2 heterocycles. The van der Waals surface area contributed by atoms with Crippen molar-refractivity contribution in [3.63, 3.8) is 0 Å². The lowest BCUT2D eigenvalue weighted by Gasteiger charge is -2.10. The van der Waals surface area contributed by atoms with Crippen molar-refractivity contribution >= 4 is 11.6 Å². The van der Waals surface area contributed by atoms with Gasteiger partial charge in [-0.1, -0.05) is 6.92 Å². The molecule has 0 atom stereocenters. The molecule has 0 saturated heterocycles. The molecule has 0 aliphatic heterocycles. The number of nitrogens with zero attached hydrogens (tertiary/aromatic N) is 4. The summed E-state index contributed by atoms with van der Waals surface area (Å²) in [5.74, 6) is 0.519. The van der Waals surface area contributed by atoms with Crippen molar-refractivity contribution in [1.82, 2.24) is 25.1 Å². The first kappa shape index (κ1) is 14.0. The molecule has 2 aromatic heterocycles. The van der Waals surface area contributed by atoms with Gasteiger partial charge in [-0.15, -0.1) is 10.2 Å². The molecule has 7 heteroatoms. The van der Waals surface area contributed by atoms with Gasteiger partial charge in [0.2, 0.25) is 0 Å². The lowest BCUT2D eigenvalue weighted by atomic mass is 10.2. The van der Waals surface area contributed by atoms with E-state index in [-0.39, 0.29) is 5.91 Å². The molecule has 1 amide bonds. The van der Waals surface area contributed by atoms with Gasteiger partial charge in [0.25, 0.3) is 5.91 Å². The predicted molar refractivity (Wildman–Crippen MR) is 75.2 cm³/mol. The van der Waals surface area contributed by atoms with Gasteiger partial charge in [-0.2, -0.15) is 0 Å². The van der Waals surface area contributed by atoms with Crippen LogP contribution in [0.3, 0.4) is 0 Å². The van der Waals surface area contributed by atoms with Crippen molar-refractivity contribution in [2.24, 2.45) is 7.05 Å². The van der Waals surface area contributed by atoms with Crippen LogP contribution in [0.4, 0.5) is 5.69 Å². The number of anilines is 1. The zero-order valence-corrected chi connectivity index (χ0v) is 11.6. The fraction of sp³-hybridized carbons (Fsp3) is 0.385. The lowest BCUT2D eigenvalue weighted by Crippen LogP contribution is -2.25. The van der Waals surface area contributed by atoms with Crippen molar-refractivity contribution in [3.8, 4) is 0 Å². The molecule has 0 spiro atoms. The molecule has 0 bridgehead atoms. The van der Waals surface area contributed by atoms with Crippen LogP contribution in [0.5, 0.6) is 0 Å². The first-order valence-corrected chi connectivity index (χ1v) is 6.51. The van der Waals surface area contributed by atoms with Crippen LogP contribution in [-0.4, -0.2) is 32.2 Å². The highest BCUT2D eigenvalue weighted by Crippen LogP contribution is 2.13. The van der Waals surface area contributed by atoms with Gasteiger partial charge >= 0.3 is 0 Å². The highest BCUT2D eigenvalue weighted by atomic mass is 16.1. The number of aromatic nitrogens is 4. The minimum absolute atomic E-state index is 0.181. The highest BCUT2D eigenvalue weighted by molar-refractivity contribution is 5.99. The zero-order valence-electron chi connectivity index (χ0n) is 11.6. The molecule has 2 N–H and O–H groups in total. The molecule has 0 unspecified atom stereocenters. The Morgan fingerprint density at radius 3 is 3.00 bits per heavy atom. The first-order chi connectivity index (χ1) is 9.72. The normalized spacial score (nSPS) is 10.3. The molecule has 0 aliphatic rings. The average Bonchev–Trinajstić information content (AvgIpc) is 2.88. The summed E-state index contributed by atoms with van der Waals surface area (Å²) in [6.07, 6.45) is 5.81. The van der Waals surface area contributed by atoms with Crippen molar-refractivity contribution in [1.29, 1.82) is 0 Å². The molecule has 7 nitrogen and oxygen atoms in total. The van der Waals surface area contributed by atoms with Crippen molar-refractivity contribution in [2.45, 2.75) is 19.9 Å². The summed E-state index contributed by atoms with van der Waals surface area (Å²) in [6.45, 7) is 3.22. The van der Waals surface area contributed by atoms with E-state index < -0.39 is 0 Å². The van der Waals surface area contributed by atoms with E-state index in [1.165, 1.54) is 0 Å². The summed E-state index contributed by atoms with van der Waals surface area (Å²) in [4.78, 5) is 16.2. The third-order valence-electron chi connectivity index (χ3n) is 2.84. The van der Waals surface area contributed by atoms with Crippen LogP contribution in [0.15, 0.2) is 24.8 Å². The predicted octanol–water partition coefficient (Wildman–Crippen LogP) is 0.962. The number of pyridine rings is 1. The Morgan fingerprint density at radius 2 is 2.30 bits per heavy atom. The van der Waals surface area contributed by atoms with Gasteiger partial charge in [-0.3, -0.25) is 9.78 Å². The minimum Gasteiger partial charge on any atom is -0.384 e. The summed E-state index contributed by atoms with van der Waals surface area (Å²) in [5.41, 5.74) is 1.32. The van der Waals surface area contributed by atoms with Crippen molar-refractivity contribution < 1.29 is 4.79 Å². The highest BCUT2D eigenvalue weighted by Gasteiger charge is 2.12. The van der Waals surface area contributed by atoms with Crippen LogP contribution in [0.2, 0.25) is 0 Å². The molecule has 2 aromatic rings. The third-order valence-corrected chi connectivity index (χ3v) is 2.84. The molecule has 2 rings (SSSR count). The molecule has 0 saturated carbocycles. The van der Waals surface area contributed by atoms with Gasteiger partial charge in [-0.25, -0.2) is 0 Å². The number of rotatable bonds is 6. The van der Waals surface area contributed by atoms with Gasteiger partial charge in [0, 0.05) is 26.0 Å². The van der Waals surface area contributed by atoms with E-state index in [4.69, 9.17) is 0 Å². The van der Waals surface area contributed by atoms with Crippen LogP contribution < -0.4 is 10.6 Å². The van der Waals surface area contributed by atoms with Crippen molar-refractivity contribution in [2.75, 3.05) is 11.9 Å². The molecule has 106 valence electrons. The Hall–Kier alpha value is -2.44. The summed E-state index contributed by atoms with van der Waals surface area (Å²) in [5, 5.41) is 13.7. The van der Waals surface area contributed by atoms with E-state index in [0.29, 0.717) is 17.9 Å². The minimum atomic E-state index is -0.181. The van der Waals surface area contributed by atoms with Crippen molar-refractivity contribution in [3.05, 3.63) is 36.2 Å². The van der Waals surface area contributed by atoms with Crippen LogP contribution in [0.1, 0.15) is 29.5 Å². The van der Waals surface area contributed by atoms with Gasteiger partial charge in [0.1, 0.15) is 6.33 Å². The number of amides is 1. The second-order valence-electron chi connectivity index (χ2n) is 4.39. The fourth-order valence-corrected chi connectivity index (χ4v) is 1.71. The SMILES string of the molecule is CCCNc1ccncc1C(=O)NCc1nncn1C. The summed E-state index contributed by atoms with van der Waals surface area (Å²) in [6, 6.07) is 1.80. The Bertz CT molecular complexity index is 580. The third kappa shape index (κ3) is 3.31. The Balaban J connectivity index is 2.03. The Labute approximate surface area is 117 Å². The second kappa shape index (κ2) is 6.65. The molecule has 0 aromatic carbocycles. The summed E-state index contributed by atoms with van der Waals surface area (Å²) >= 11 is 0. The fourth-order valence-electron chi connectivity index (χ4n) is 1.71. The lowest BCUT2D eigenvalue weighted by molar-refractivity contribution is 0.0950. The summed E-state index contributed by atoms with van der Waals surface area (Å²) < 4.78 is 1.76. The quantitative estimate of drug-likeness (QED) is 0.819. The van der Waals surface area contributed by atoms with E-state index in [0.717, 1.165) is 18.7 Å². The topological polar surface area (TPSA) is 84.7 Å². The molecule has 0 radical (unpaired) electrons. The van der Waals surface area contributed by atoms with Crippen LogP contribution in [0.25, 0.3) is 0 Å². The van der Waals surface area contributed by atoms with Crippen LogP contribution >= 0.6 is 0 Å². The number of carbonyl (C=O) groups is 1. The monoisotopic (exact) mass is 274 g/mol. The molecule has 0 aliphatic carbocycles. The van der Waals surface area contributed by atoms with Gasteiger partial charge in [0.15, 0.2) is 5.82 Å². The van der Waals surface area contributed by atoms with Gasteiger partial charge in [0.05, 0.1) is 17.8 Å². The largest absolute Gasteiger partial charge is 0.384 e. The number of aryl methyl sites for hydroxylation is 1. The molecule has 0 fully saturated rings. The first-order valence-electron chi connectivity index (χ1n) is 6.51. The van der Waals surface area contributed by atoms with Gasteiger partial charge < -0.3 is 15.2 Å². The molecular weight excluding hydrogens is 256 g/mol. The second-order valence-corrected chi connectivity index (χ2v) is 4.39. The van der Waals surface area contributed by atoms with Gasteiger partial charge in [-0.05, 0) is 12.5 Å². The average molecular weight is 274 g/mol. The Morgan fingerprint density at radius 1 is 1.45 bits per heavy atom. The Kier molecular flexibility index (Phi) is 4.65. The van der Waals surface area contributed by atoms with Crippen LogP contribution in [0, 0.1) is 0 Å². The van der Waals surface area contributed by atoms with E-state index in [2.05, 4.69) is 32.7 Å². The molecule has 20 heavy (non-hydrogen) atoms. The number of nitrogens with one attached hydrogen (secondary N) is 2. The summed E-state index contributed by atoms with van der Waals surface area (Å²) in [7, 11) is 1.83. The maximum atomic E-state index is 12.2. The number of carbonyl (C=O) groups excluding carboxylic acids is 1. The standard InChI is InChI=1S/C13H18N6O/c1-3-5-15-11-4-6-14-7-10(11)13(20)16-8-12-18-17-9-19(12)2/h4,6-7,9H,3,5,8H2,1-2H3,(H,14,15)(H,16,20). The smallest absolute Gasteiger partial charge is 0.255 e. The van der Waals surface area contributed by atoms with E-state index in [9.17, 15) is 4.79 Å². The number of hydrogen-bond donors (Lipinski definition) is 2. The van der Waals surface area contributed by atoms with E-state index in [1.54, 1.807) is 29.4 Å². The van der Waals surface area contributed by atoms with Crippen LogP contribution in [-0.2, 0) is 13.6 Å². The van der Waals surface area contributed by atoms with E-state index >= 15 is 0 Å². The zero-order chi connectivity index (χ0) is 14.4. The van der Waals surface area contributed by atoms with E-state index in [1.807, 2.05) is 7.05 Å². The maximum absolute atomic E-state index is 12.2. The molecular formula is C13H18N6O. The number of hydrogen-bond acceptors (Lipinski definition) is 5.